The summed E-state index contributed by atoms with van der Waals surface area (Å²) >= 11 is 0. The third-order valence-electron chi connectivity index (χ3n) is 4.95. The van der Waals surface area contributed by atoms with E-state index < -0.39 is 0 Å². The van der Waals surface area contributed by atoms with Crippen LogP contribution in [0.15, 0.2) is 24.3 Å². The van der Waals surface area contributed by atoms with E-state index in [1.54, 1.807) is 0 Å². The van der Waals surface area contributed by atoms with Crippen LogP contribution in [0.4, 0.5) is 5.69 Å². The van der Waals surface area contributed by atoms with Gasteiger partial charge in [0, 0.05) is 18.2 Å². The summed E-state index contributed by atoms with van der Waals surface area (Å²) in [6, 6.07) is 8.08. The van der Waals surface area contributed by atoms with Gasteiger partial charge in [0.05, 0.1) is 0 Å². The molecule has 3 rings (SSSR count). The predicted molar refractivity (Wildman–Crippen MR) is 85.1 cm³/mol. The van der Waals surface area contributed by atoms with E-state index in [-0.39, 0.29) is 11.8 Å². The molecule has 1 saturated carbocycles. The van der Waals surface area contributed by atoms with Gasteiger partial charge in [0.25, 0.3) is 0 Å². The first kappa shape index (κ1) is 14.5. The molecule has 114 valence electrons. The molecule has 1 heterocycles. The van der Waals surface area contributed by atoms with E-state index in [4.69, 9.17) is 0 Å². The summed E-state index contributed by atoms with van der Waals surface area (Å²) in [4.78, 5) is 12.5. The van der Waals surface area contributed by atoms with Gasteiger partial charge in [-0.15, -0.1) is 0 Å². The normalized spacial score (nSPS) is 23.0. The third kappa shape index (κ3) is 3.11. The van der Waals surface area contributed by atoms with Gasteiger partial charge < -0.3 is 16.0 Å². The zero-order chi connectivity index (χ0) is 14.7. The summed E-state index contributed by atoms with van der Waals surface area (Å²) in [6.45, 7) is 5.93. The van der Waals surface area contributed by atoms with Crippen molar-refractivity contribution in [3.05, 3.63) is 29.8 Å². The summed E-state index contributed by atoms with van der Waals surface area (Å²) in [5, 5.41) is 9.86. The lowest BCUT2D eigenvalue weighted by molar-refractivity contribution is -0.118. The van der Waals surface area contributed by atoms with Crippen molar-refractivity contribution in [2.75, 3.05) is 25.0 Å². The lowest BCUT2D eigenvalue weighted by Crippen LogP contribution is -2.31. The SMILES string of the molecule is CCNCc1ccccc1NC(=O)C1CC12CCNCC2. The summed E-state index contributed by atoms with van der Waals surface area (Å²) < 4.78 is 0. The molecule has 1 aliphatic carbocycles. The molecular weight excluding hydrogens is 262 g/mol. The molecule has 1 aromatic rings. The van der Waals surface area contributed by atoms with Crippen LogP contribution in [-0.2, 0) is 11.3 Å². The van der Waals surface area contributed by atoms with E-state index in [0.29, 0.717) is 5.41 Å². The highest BCUT2D eigenvalue weighted by Gasteiger charge is 2.57. The Bertz CT molecular complexity index is 509. The smallest absolute Gasteiger partial charge is 0.228 e. The van der Waals surface area contributed by atoms with Gasteiger partial charge in [0.15, 0.2) is 0 Å². The van der Waals surface area contributed by atoms with Crippen LogP contribution in [0.5, 0.6) is 0 Å². The van der Waals surface area contributed by atoms with Gasteiger partial charge in [-0.1, -0.05) is 25.1 Å². The van der Waals surface area contributed by atoms with Gasteiger partial charge in [-0.25, -0.2) is 0 Å². The number of nitrogens with one attached hydrogen (secondary N) is 3. The number of anilines is 1. The van der Waals surface area contributed by atoms with Gasteiger partial charge in [0.1, 0.15) is 0 Å². The Morgan fingerprint density at radius 2 is 2.10 bits per heavy atom. The Kier molecular flexibility index (Phi) is 4.27. The Morgan fingerprint density at radius 1 is 1.33 bits per heavy atom. The molecule has 0 bridgehead atoms. The van der Waals surface area contributed by atoms with Crippen LogP contribution >= 0.6 is 0 Å². The van der Waals surface area contributed by atoms with Crippen molar-refractivity contribution in [1.29, 1.82) is 0 Å². The fourth-order valence-corrected chi connectivity index (χ4v) is 3.47. The van der Waals surface area contributed by atoms with E-state index >= 15 is 0 Å². The lowest BCUT2D eigenvalue weighted by Gasteiger charge is -2.23. The lowest BCUT2D eigenvalue weighted by atomic mass is 9.91. The number of para-hydroxylation sites is 1. The van der Waals surface area contributed by atoms with Crippen LogP contribution in [0.2, 0.25) is 0 Å². The molecule has 1 aliphatic heterocycles. The molecule has 1 aromatic carbocycles. The van der Waals surface area contributed by atoms with E-state index in [9.17, 15) is 4.79 Å². The summed E-state index contributed by atoms with van der Waals surface area (Å²) in [5.41, 5.74) is 2.42. The minimum Gasteiger partial charge on any atom is -0.326 e. The van der Waals surface area contributed by atoms with E-state index in [1.165, 1.54) is 0 Å². The number of hydrogen-bond acceptors (Lipinski definition) is 3. The molecule has 3 N–H and O–H groups in total. The Morgan fingerprint density at radius 3 is 2.86 bits per heavy atom. The summed E-state index contributed by atoms with van der Waals surface area (Å²) in [6.07, 6.45) is 3.35. The number of carbonyl (C=O) groups is 1. The molecule has 2 fully saturated rings. The number of benzene rings is 1. The van der Waals surface area contributed by atoms with Gasteiger partial charge >= 0.3 is 0 Å². The highest BCUT2D eigenvalue weighted by Crippen LogP contribution is 2.58. The van der Waals surface area contributed by atoms with E-state index in [0.717, 1.165) is 56.7 Å². The van der Waals surface area contributed by atoms with Gasteiger partial charge in [-0.2, -0.15) is 0 Å². The summed E-state index contributed by atoms with van der Waals surface area (Å²) in [5.74, 6) is 0.424. The second kappa shape index (κ2) is 6.16. The third-order valence-corrected chi connectivity index (χ3v) is 4.95. The van der Waals surface area contributed by atoms with Crippen molar-refractivity contribution in [2.45, 2.75) is 32.7 Å². The molecule has 2 aliphatic rings. The van der Waals surface area contributed by atoms with Crippen LogP contribution in [-0.4, -0.2) is 25.5 Å². The van der Waals surface area contributed by atoms with Crippen molar-refractivity contribution in [3.63, 3.8) is 0 Å². The van der Waals surface area contributed by atoms with Crippen LogP contribution in [0.1, 0.15) is 31.7 Å². The molecule has 1 unspecified atom stereocenters. The fourth-order valence-electron chi connectivity index (χ4n) is 3.47. The maximum Gasteiger partial charge on any atom is 0.228 e. The Hall–Kier alpha value is -1.39. The van der Waals surface area contributed by atoms with Gasteiger partial charge in [0.2, 0.25) is 5.91 Å². The Labute approximate surface area is 126 Å². The zero-order valence-corrected chi connectivity index (χ0v) is 12.7. The van der Waals surface area contributed by atoms with Crippen LogP contribution in [0.3, 0.4) is 0 Å². The first-order valence-corrected chi connectivity index (χ1v) is 8.05. The zero-order valence-electron chi connectivity index (χ0n) is 12.7. The highest BCUT2D eigenvalue weighted by molar-refractivity contribution is 5.95. The minimum absolute atomic E-state index is 0.209. The average molecular weight is 287 g/mol. The summed E-state index contributed by atoms with van der Waals surface area (Å²) in [7, 11) is 0. The van der Waals surface area contributed by atoms with Gasteiger partial charge in [-0.3, -0.25) is 4.79 Å². The van der Waals surface area contributed by atoms with Crippen molar-refractivity contribution < 1.29 is 4.79 Å². The average Bonchev–Trinajstić information content (AvgIpc) is 3.20. The standard InChI is InChI=1S/C17H25N3O/c1-2-18-12-13-5-3-4-6-15(13)20-16(21)14-11-17(14)7-9-19-10-8-17/h3-6,14,18-19H,2,7-12H2,1H3,(H,20,21). The molecule has 0 radical (unpaired) electrons. The Balaban J connectivity index is 1.63. The second-order valence-electron chi connectivity index (χ2n) is 6.30. The number of piperidine rings is 1. The van der Waals surface area contributed by atoms with Gasteiger partial charge in [-0.05, 0) is 55.9 Å². The molecule has 1 spiro atoms. The van der Waals surface area contributed by atoms with Crippen LogP contribution < -0.4 is 16.0 Å². The molecule has 1 atom stereocenters. The maximum atomic E-state index is 12.5. The topological polar surface area (TPSA) is 53.2 Å². The van der Waals surface area contributed by atoms with Crippen LogP contribution in [0, 0.1) is 11.3 Å². The van der Waals surface area contributed by atoms with Crippen molar-refractivity contribution in [3.8, 4) is 0 Å². The predicted octanol–water partition coefficient (Wildman–Crippen LogP) is 2.12. The first-order valence-electron chi connectivity index (χ1n) is 8.05. The van der Waals surface area contributed by atoms with Crippen molar-refractivity contribution >= 4 is 11.6 Å². The molecule has 4 heteroatoms. The quantitative estimate of drug-likeness (QED) is 0.777. The highest BCUT2D eigenvalue weighted by atomic mass is 16.2. The molecule has 1 saturated heterocycles. The van der Waals surface area contributed by atoms with Crippen molar-refractivity contribution in [2.24, 2.45) is 11.3 Å². The van der Waals surface area contributed by atoms with Crippen molar-refractivity contribution in [1.82, 2.24) is 10.6 Å². The first-order chi connectivity index (χ1) is 10.2. The fraction of sp³-hybridized carbons (Fsp3) is 0.588. The number of carbonyl (C=O) groups excluding carboxylic acids is 1. The number of amides is 1. The molecule has 0 aromatic heterocycles. The molecule has 4 nitrogen and oxygen atoms in total. The number of hydrogen-bond donors (Lipinski definition) is 3. The van der Waals surface area contributed by atoms with E-state index in [1.807, 2.05) is 18.2 Å². The number of rotatable bonds is 5. The molecule has 1 amide bonds. The second-order valence-corrected chi connectivity index (χ2v) is 6.30. The van der Waals surface area contributed by atoms with Crippen LogP contribution in [0.25, 0.3) is 0 Å². The molecule has 21 heavy (non-hydrogen) atoms. The largest absolute Gasteiger partial charge is 0.326 e. The maximum absolute atomic E-state index is 12.5. The monoisotopic (exact) mass is 287 g/mol. The van der Waals surface area contributed by atoms with E-state index in [2.05, 4.69) is 28.9 Å². The molecular formula is C17H25N3O. The minimum atomic E-state index is 0.209.